The summed E-state index contributed by atoms with van der Waals surface area (Å²) in [5.41, 5.74) is 4.96. The zero-order chi connectivity index (χ0) is 24.8. The van der Waals surface area contributed by atoms with Crippen LogP contribution in [0.3, 0.4) is 0 Å². The van der Waals surface area contributed by atoms with Gasteiger partial charge in [-0.1, -0.05) is 30.3 Å². The highest BCUT2D eigenvalue weighted by Crippen LogP contribution is 2.30. The van der Waals surface area contributed by atoms with Crippen molar-refractivity contribution in [3.05, 3.63) is 94.6 Å². The van der Waals surface area contributed by atoms with Crippen molar-refractivity contribution in [1.82, 2.24) is 4.90 Å². The van der Waals surface area contributed by atoms with Crippen LogP contribution < -0.4 is 0 Å². The second-order valence-corrected chi connectivity index (χ2v) is 9.19. The highest BCUT2D eigenvalue weighted by atomic mass is 19.1. The minimum absolute atomic E-state index is 0.385. The molecule has 0 spiro atoms. The maximum atomic E-state index is 13.9. The number of esters is 1. The Morgan fingerprint density at radius 1 is 0.943 bits per heavy atom. The maximum absolute atomic E-state index is 13.9. The van der Waals surface area contributed by atoms with Gasteiger partial charge in [-0.15, -0.1) is 0 Å². The summed E-state index contributed by atoms with van der Waals surface area (Å²) in [6.07, 6.45) is 1.92. The lowest BCUT2D eigenvalue weighted by Crippen LogP contribution is -2.32. The maximum Gasteiger partial charge on any atom is 0.338 e. The molecule has 0 N–H and O–H groups in total. The molecule has 0 saturated carbocycles. The lowest BCUT2D eigenvalue weighted by molar-refractivity contribution is 0.0501. The van der Waals surface area contributed by atoms with Crippen LogP contribution in [0.1, 0.15) is 39.9 Å². The van der Waals surface area contributed by atoms with Crippen LogP contribution in [0, 0.1) is 24.5 Å². The minimum atomic E-state index is -0.574. The van der Waals surface area contributed by atoms with Crippen LogP contribution in [0.15, 0.2) is 60.7 Å². The topological polar surface area (TPSA) is 38.8 Å². The van der Waals surface area contributed by atoms with Gasteiger partial charge >= 0.3 is 5.97 Å². The van der Waals surface area contributed by atoms with Gasteiger partial charge in [0.05, 0.1) is 12.7 Å². The Morgan fingerprint density at radius 2 is 1.63 bits per heavy atom. The van der Waals surface area contributed by atoms with E-state index in [1.165, 1.54) is 19.2 Å². The third-order valence-electron chi connectivity index (χ3n) is 6.52. The Morgan fingerprint density at radius 3 is 2.31 bits per heavy atom. The molecule has 1 fully saturated rings. The SMILES string of the molecule is COC(=O)c1ccc(CN(Cc2cc(F)cc(F)c2)CC2CCOCC2)cc1-c1ccccc1C. The normalized spacial score (nSPS) is 14.3. The number of halogens is 2. The van der Waals surface area contributed by atoms with Crippen molar-refractivity contribution < 1.29 is 23.0 Å². The van der Waals surface area contributed by atoms with E-state index in [9.17, 15) is 13.6 Å². The average molecular weight is 480 g/mol. The Hall–Kier alpha value is -3.09. The number of hydrogen-bond donors (Lipinski definition) is 0. The largest absolute Gasteiger partial charge is 0.465 e. The number of rotatable bonds is 8. The number of hydrogen-bond acceptors (Lipinski definition) is 4. The number of benzene rings is 3. The summed E-state index contributed by atoms with van der Waals surface area (Å²) >= 11 is 0. The molecule has 0 aromatic heterocycles. The van der Waals surface area contributed by atoms with Crippen molar-refractivity contribution in [2.24, 2.45) is 5.92 Å². The molecule has 1 saturated heterocycles. The molecule has 4 rings (SSSR count). The summed E-state index contributed by atoms with van der Waals surface area (Å²) in [5.74, 6) is -1.08. The summed E-state index contributed by atoms with van der Waals surface area (Å²) in [7, 11) is 1.38. The lowest BCUT2D eigenvalue weighted by Gasteiger charge is -2.30. The molecule has 0 atom stereocenters. The first-order valence-electron chi connectivity index (χ1n) is 11.9. The van der Waals surface area contributed by atoms with Gasteiger partial charge < -0.3 is 9.47 Å². The molecule has 184 valence electrons. The summed E-state index contributed by atoms with van der Waals surface area (Å²) in [5, 5.41) is 0. The number of methoxy groups -OCH3 is 1. The molecule has 1 heterocycles. The van der Waals surface area contributed by atoms with E-state index < -0.39 is 11.6 Å². The predicted octanol–water partition coefficient (Wildman–Crippen LogP) is 6.16. The molecule has 0 amide bonds. The van der Waals surface area contributed by atoms with Crippen LogP contribution in [0.4, 0.5) is 8.78 Å². The number of nitrogens with zero attached hydrogens (tertiary/aromatic N) is 1. The van der Waals surface area contributed by atoms with Crippen molar-refractivity contribution in [2.45, 2.75) is 32.9 Å². The zero-order valence-corrected chi connectivity index (χ0v) is 20.2. The van der Waals surface area contributed by atoms with E-state index in [0.717, 1.165) is 60.9 Å². The van der Waals surface area contributed by atoms with E-state index in [2.05, 4.69) is 4.90 Å². The highest BCUT2D eigenvalue weighted by molar-refractivity contribution is 5.97. The Labute approximate surface area is 205 Å². The minimum Gasteiger partial charge on any atom is -0.465 e. The van der Waals surface area contributed by atoms with E-state index in [-0.39, 0.29) is 5.97 Å². The van der Waals surface area contributed by atoms with Crippen molar-refractivity contribution in [2.75, 3.05) is 26.9 Å². The Kier molecular flexibility index (Phi) is 8.26. The van der Waals surface area contributed by atoms with Gasteiger partial charge in [-0.05, 0) is 77.8 Å². The van der Waals surface area contributed by atoms with Crippen LogP contribution >= 0.6 is 0 Å². The van der Waals surface area contributed by atoms with Gasteiger partial charge in [-0.25, -0.2) is 13.6 Å². The third kappa shape index (κ3) is 6.53. The van der Waals surface area contributed by atoms with E-state index in [0.29, 0.717) is 30.1 Å². The molecule has 3 aromatic rings. The van der Waals surface area contributed by atoms with Crippen molar-refractivity contribution >= 4 is 5.97 Å². The van der Waals surface area contributed by atoms with Crippen molar-refractivity contribution in [3.63, 3.8) is 0 Å². The van der Waals surface area contributed by atoms with Crippen LogP contribution in [-0.2, 0) is 22.6 Å². The molecule has 35 heavy (non-hydrogen) atoms. The monoisotopic (exact) mass is 479 g/mol. The van der Waals surface area contributed by atoms with Crippen molar-refractivity contribution in [1.29, 1.82) is 0 Å². The molecule has 1 aliphatic heterocycles. The first-order valence-corrected chi connectivity index (χ1v) is 11.9. The fourth-order valence-corrected chi connectivity index (χ4v) is 4.77. The van der Waals surface area contributed by atoms with Crippen LogP contribution in [0.5, 0.6) is 0 Å². The van der Waals surface area contributed by atoms with E-state index in [4.69, 9.17) is 9.47 Å². The molecule has 1 aliphatic rings. The van der Waals surface area contributed by atoms with Crippen molar-refractivity contribution in [3.8, 4) is 11.1 Å². The fraction of sp³-hybridized carbons (Fsp3) is 0.345. The summed E-state index contributed by atoms with van der Waals surface area (Å²) in [6, 6.07) is 17.4. The second kappa shape index (κ2) is 11.6. The summed E-state index contributed by atoms with van der Waals surface area (Å²) in [4.78, 5) is 14.7. The van der Waals surface area contributed by atoms with Gasteiger partial charge in [0, 0.05) is 38.9 Å². The molecule has 0 radical (unpaired) electrons. The van der Waals surface area contributed by atoms with Gasteiger partial charge in [-0.2, -0.15) is 0 Å². The number of carbonyl (C=O) groups excluding carboxylic acids is 1. The predicted molar refractivity (Wildman–Crippen MR) is 132 cm³/mol. The quantitative estimate of drug-likeness (QED) is 0.363. The number of aryl methyl sites for hydroxylation is 1. The number of ether oxygens (including phenoxy) is 2. The summed E-state index contributed by atoms with van der Waals surface area (Å²) in [6.45, 7) is 5.27. The molecule has 0 unspecified atom stereocenters. The average Bonchev–Trinajstić information content (AvgIpc) is 2.84. The highest BCUT2D eigenvalue weighted by Gasteiger charge is 2.20. The van der Waals surface area contributed by atoms with Crippen LogP contribution in [0.2, 0.25) is 0 Å². The fourth-order valence-electron chi connectivity index (χ4n) is 4.77. The van der Waals surface area contributed by atoms with Gasteiger partial charge in [-0.3, -0.25) is 4.90 Å². The van der Waals surface area contributed by atoms with Gasteiger partial charge in [0.2, 0.25) is 0 Å². The third-order valence-corrected chi connectivity index (χ3v) is 6.52. The Bertz CT molecular complexity index is 1150. The van der Waals surface area contributed by atoms with Crippen LogP contribution in [0.25, 0.3) is 11.1 Å². The molecular weight excluding hydrogens is 448 g/mol. The first kappa shape index (κ1) is 25.0. The zero-order valence-electron chi connectivity index (χ0n) is 20.2. The standard InChI is InChI=1S/C29H31F2NO3/c1-20-5-3-4-6-26(20)28-15-22(7-8-27(28)29(33)34-2)18-32(17-21-9-11-35-12-10-21)19-23-13-24(30)16-25(31)14-23/h3-8,13-16,21H,9-12,17-19H2,1-2H3. The smallest absolute Gasteiger partial charge is 0.338 e. The molecular formula is C29H31F2NO3. The molecule has 3 aromatic carbocycles. The lowest BCUT2D eigenvalue weighted by atomic mass is 9.93. The van der Waals surface area contributed by atoms with Gasteiger partial charge in [0.15, 0.2) is 0 Å². The van der Waals surface area contributed by atoms with E-state index >= 15 is 0 Å². The molecule has 4 nitrogen and oxygen atoms in total. The first-order chi connectivity index (χ1) is 16.9. The van der Waals surface area contributed by atoms with E-state index in [1.54, 1.807) is 6.07 Å². The number of carbonyl (C=O) groups is 1. The second-order valence-electron chi connectivity index (χ2n) is 9.19. The Balaban J connectivity index is 1.66. The molecule has 6 heteroatoms. The van der Waals surface area contributed by atoms with Gasteiger partial charge in [0.25, 0.3) is 0 Å². The van der Waals surface area contributed by atoms with Gasteiger partial charge in [0.1, 0.15) is 11.6 Å². The molecule has 0 bridgehead atoms. The molecule has 0 aliphatic carbocycles. The van der Waals surface area contributed by atoms with Crippen LogP contribution in [-0.4, -0.2) is 37.7 Å². The van der Waals surface area contributed by atoms with E-state index in [1.807, 2.05) is 43.3 Å². The summed E-state index contributed by atoms with van der Waals surface area (Å²) < 4.78 is 38.3.